The van der Waals surface area contributed by atoms with Gasteiger partial charge in [-0.3, -0.25) is 4.39 Å². The highest BCUT2D eigenvalue weighted by atomic mass is 19.1. The van der Waals surface area contributed by atoms with Crippen LogP contribution in [0.3, 0.4) is 0 Å². The Hall–Kier alpha value is -0.590. The zero-order valence-corrected chi connectivity index (χ0v) is 5.60. The molecule has 0 N–H and O–H groups in total. The molecule has 0 aromatic carbocycles. The fourth-order valence-electron chi connectivity index (χ4n) is 1.03. The summed E-state index contributed by atoms with van der Waals surface area (Å²) in [4.78, 5) is 0. The lowest BCUT2D eigenvalue weighted by molar-refractivity contribution is 0.410. The van der Waals surface area contributed by atoms with Crippen LogP contribution in [-0.2, 0) is 0 Å². The van der Waals surface area contributed by atoms with Gasteiger partial charge in [0.2, 0.25) is 0 Å². The fraction of sp³-hybridized carbons (Fsp3) is 0.500. The van der Waals surface area contributed by atoms with Crippen molar-refractivity contribution in [3.63, 3.8) is 0 Å². The van der Waals surface area contributed by atoms with E-state index in [2.05, 4.69) is 0 Å². The minimum Gasteiger partial charge on any atom is -0.250 e. The lowest BCUT2D eigenvalue weighted by Gasteiger charge is -2.09. The molecule has 9 heavy (non-hydrogen) atoms. The third kappa shape index (κ3) is 1.67. The van der Waals surface area contributed by atoms with Gasteiger partial charge in [0.1, 0.15) is 0 Å². The molecule has 0 radical (unpaired) electrons. The average molecular weight is 126 g/mol. The van der Waals surface area contributed by atoms with E-state index in [-0.39, 0.29) is 12.6 Å². The maximum atomic E-state index is 12.0. The minimum atomic E-state index is -0.221. The summed E-state index contributed by atoms with van der Waals surface area (Å²) >= 11 is 0. The topological polar surface area (TPSA) is 0 Å². The van der Waals surface area contributed by atoms with Gasteiger partial charge < -0.3 is 0 Å². The largest absolute Gasteiger partial charge is 0.250 e. The Kier molecular flexibility index (Phi) is 2.04. The molecule has 0 heterocycles. The van der Waals surface area contributed by atoms with E-state index in [0.29, 0.717) is 0 Å². The van der Waals surface area contributed by atoms with Gasteiger partial charge in [0.15, 0.2) is 0 Å². The first-order valence-corrected chi connectivity index (χ1v) is 3.24. The van der Waals surface area contributed by atoms with Crippen molar-refractivity contribution in [1.29, 1.82) is 0 Å². The first kappa shape index (κ1) is 6.53. The average Bonchev–Trinajstić information content (AvgIpc) is 1.88. The second-order valence-electron chi connectivity index (χ2n) is 2.46. The third-order valence-corrected chi connectivity index (χ3v) is 1.52. The molecule has 0 spiro atoms. The van der Waals surface area contributed by atoms with Crippen LogP contribution in [0.5, 0.6) is 0 Å². The second-order valence-corrected chi connectivity index (χ2v) is 2.46. The van der Waals surface area contributed by atoms with E-state index in [4.69, 9.17) is 0 Å². The van der Waals surface area contributed by atoms with Gasteiger partial charge in [-0.25, -0.2) is 0 Å². The van der Waals surface area contributed by atoms with Crippen molar-refractivity contribution < 1.29 is 4.39 Å². The SMILES string of the molecule is CC1=CC(CF)CC=C1. The van der Waals surface area contributed by atoms with Crippen LogP contribution in [0.2, 0.25) is 0 Å². The third-order valence-electron chi connectivity index (χ3n) is 1.52. The molecular weight excluding hydrogens is 115 g/mol. The van der Waals surface area contributed by atoms with Gasteiger partial charge in [-0.15, -0.1) is 0 Å². The van der Waals surface area contributed by atoms with E-state index in [0.717, 1.165) is 6.42 Å². The zero-order valence-electron chi connectivity index (χ0n) is 5.60. The Morgan fingerprint density at radius 2 is 2.56 bits per heavy atom. The number of allylic oxidation sites excluding steroid dienone is 4. The summed E-state index contributed by atoms with van der Waals surface area (Å²) in [6.07, 6.45) is 6.92. The first-order chi connectivity index (χ1) is 4.33. The van der Waals surface area contributed by atoms with Crippen molar-refractivity contribution >= 4 is 0 Å². The monoisotopic (exact) mass is 126 g/mol. The van der Waals surface area contributed by atoms with Crippen molar-refractivity contribution in [2.24, 2.45) is 5.92 Å². The number of hydrogen-bond acceptors (Lipinski definition) is 0. The maximum absolute atomic E-state index is 12.0. The highest BCUT2D eigenvalue weighted by Crippen LogP contribution is 2.15. The normalized spacial score (nSPS) is 26.0. The molecule has 0 bridgehead atoms. The Morgan fingerprint density at radius 3 is 3.00 bits per heavy atom. The summed E-state index contributed by atoms with van der Waals surface area (Å²) in [7, 11) is 0. The van der Waals surface area contributed by atoms with Crippen LogP contribution in [-0.4, -0.2) is 6.67 Å². The van der Waals surface area contributed by atoms with E-state index in [1.165, 1.54) is 5.57 Å². The van der Waals surface area contributed by atoms with Crippen LogP contribution < -0.4 is 0 Å². The molecule has 0 amide bonds. The van der Waals surface area contributed by atoms with Crippen LogP contribution in [0.15, 0.2) is 23.8 Å². The van der Waals surface area contributed by atoms with Crippen LogP contribution in [0.4, 0.5) is 4.39 Å². The van der Waals surface area contributed by atoms with Crippen molar-refractivity contribution in [3.05, 3.63) is 23.8 Å². The molecule has 0 aromatic heterocycles. The van der Waals surface area contributed by atoms with E-state index in [9.17, 15) is 4.39 Å². The molecule has 1 rings (SSSR count). The number of alkyl halides is 1. The molecule has 50 valence electrons. The van der Waals surface area contributed by atoms with Gasteiger partial charge in [-0.05, 0) is 13.3 Å². The van der Waals surface area contributed by atoms with Gasteiger partial charge in [-0.2, -0.15) is 0 Å². The van der Waals surface area contributed by atoms with Gasteiger partial charge >= 0.3 is 0 Å². The molecule has 0 fully saturated rings. The van der Waals surface area contributed by atoms with E-state index in [1.54, 1.807) is 0 Å². The molecule has 1 unspecified atom stereocenters. The summed E-state index contributed by atoms with van der Waals surface area (Å²) in [5, 5.41) is 0. The molecular formula is C8H11F. The van der Waals surface area contributed by atoms with Crippen LogP contribution in [0.1, 0.15) is 13.3 Å². The minimum absolute atomic E-state index is 0.148. The Bertz CT molecular complexity index is 145. The summed E-state index contributed by atoms with van der Waals surface area (Å²) in [5.74, 6) is 0.148. The molecule has 0 saturated heterocycles. The van der Waals surface area contributed by atoms with Gasteiger partial charge in [0.05, 0.1) is 6.67 Å². The van der Waals surface area contributed by atoms with Gasteiger partial charge in [0.25, 0.3) is 0 Å². The highest BCUT2D eigenvalue weighted by Gasteiger charge is 2.05. The summed E-state index contributed by atoms with van der Waals surface area (Å²) in [5.41, 5.74) is 1.18. The van der Waals surface area contributed by atoms with Crippen molar-refractivity contribution in [1.82, 2.24) is 0 Å². The fourth-order valence-corrected chi connectivity index (χ4v) is 1.03. The van der Waals surface area contributed by atoms with Crippen molar-refractivity contribution in [2.75, 3.05) is 6.67 Å². The molecule has 1 aliphatic rings. The molecule has 0 aliphatic heterocycles. The van der Waals surface area contributed by atoms with Gasteiger partial charge in [-0.1, -0.05) is 23.8 Å². The Labute approximate surface area is 55.1 Å². The second kappa shape index (κ2) is 2.81. The van der Waals surface area contributed by atoms with Gasteiger partial charge in [0, 0.05) is 5.92 Å². The van der Waals surface area contributed by atoms with E-state index in [1.807, 2.05) is 25.2 Å². The molecule has 0 aromatic rings. The molecule has 1 aliphatic carbocycles. The first-order valence-electron chi connectivity index (χ1n) is 3.24. The van der Waals surface area contributed by atoms with Crippen molar-refractivity contribution in [3.8, 4) is 0 Å². The number of hydrogen-bond donors (Lipinski definition) is 0. The van der Waals surface area contributed by atoms with E-state index < -0.39 is 0 Å². The predicted octanol–water partition coefficient (Wildman–Crippen LogP) is 2.48. The molecule has 1 heteroatoms. The van der Waals surface area contributed by atoms with Crippen LogP contribution in [0, 0.1) is 5.92 Å². The lowest BCUT2D eigenvalue weighted by atomic mass is 9.98. The molecule has 0 saturated carbocycles. The van der Waals surface area contributed by atoms with Crippen LogP contribution >= 0.6 is 0 Å². The summed E-state index contributed by atoms with van der Waals surface area (Å²) < 4.78 is 12.0. The maximum Gasteiger partial charge on any atom is 0.0960 e. The summed E-state index contributed by atoms with van der Waals surface area (Å²) in [6.45, 7) is 1.78. The summed E-state index contributed by atoms with van der Waals surface area (Å²) in [6, 6.07) is 0. The highest BCUT2D eigenvalue weighted by molar-refractivity contribution is 5.21. The quantitative estimate of drug-likeness (QED) is 0.506. The Balaban J connectivity index is 2.55. The predicted molar refractivity (Wildman–Crippen MR) is 37.0 cm³/mol. The molecule has 1 atom stereocenters. The lowest BCUT2D eigenvalue weighted by Crippen LogP contribution is -2.00. The standard InChI is InChI=1S/C8H11F/c1-7-3-2-4-8(5-7)6-9/h2-3,5,8H,4,6H2,1H3. The zero-order chi connectivity index (χ0) is 6.69. The molecule has 0 nitrogen and oxygen atoms in total. The number of rotatable bonds is 1. The van der Waals surface area contributed by atoms with Crippen molar-refractivity contribution in [2.45, 2.75) is 13.3 Å². The number of halogens is 1. The Morgan fingerprint density at radius 1 is 1.78 bits per heavy atom. The van der Waals surface area contributed by atoms with E-state index >= 15 is 0 Å². The smallest absolute Gasteiger partial charge is 0.0960 e. The van der Waals surface area contributed by atoms with Crippen LogP contribution in [0.25, 0.3) is 0 Å².